The molecule has 1 aromatic heterocycles. The van der Waals surface area contributed by atoms with Crippen LogP contribution in [0.4, 0.5) is 8.78 Å². The third-order valence-electron chi connectivity index (χ3n) is 2.10. The van der Waals surface area contributed by atoms with Crippen LogP contribution in [0.5, 0.6) is 0 Å². The van der Waals surface area contributed by atoms with Crippen LogP contribution < -0.4 is 0 Å². The molecule has 0 atom stereocenters. The van der Waals surface area contributed by atoms with Crippen LogP contribution in [0.25, 0.3) is 0 Å². The fourth-order valence-electron chi connectivity index (χ4n) is 1.34. The van der Waals surface area contributed by atoms with Gasteiger partial charge in [-0.3, -0.25) is 4.79 Å². The van der Waals surface area contributed by atoms with E-state index < -0.39 is 18.9 Å². The molecule has 0 saturated heterocycles. The Bertz CT molecular complexity index is 352. The van der Waals surface area contributed by atoms with Crippen LogP contribution in [0.15, 0.2) is 16.7 Å². The van der Waals surface area contributed by atoms with E-state index in [1.54, 1.807) is 6.92 Å². The van der Waals surface area contributed by atoms with Gasteiger partial charge in [-0.05, 0) is 13.0 Å². The van der Waals surface area contributed by atoms with Gasteiger partial charge in [-0.25, -0.2) is 8.78 Å². The van der Waals surface area contributed by atoms with E-state index in [-0.39, 0.29) is 18.7 Å². The Morgan fingerprint density at radius 3 is 2.75 bits per heavy atom. The number of rotatable bonds is 5. The molecule has 0 aliphatic heterocycles. The minimum atomic E-state index is -2.62. The molecule has 4 nitrogen and oxygen atoms in total. The Morgan fingerprint density at radius 1 is 1.62 bits per heavy atom. The lowest BCUT2D eigenvalue weighted by molar-refractivity contribution is 0.0507. The van der Waals surface area contributed by atoms with Gasteiger partial charge in [0.05, 0.1) is 25.0 Å². The maximum atomic E-state index is 12.2. The highest BCUT2D eigenvalue weighted by Crippen LogP contribution is 2.12. The Hall–Kier alpha value is -1.43. The highest BCUT2D eigenvalue weighted by Gasteiger charge is 2.21. The van der Waals surface area contributed by atoms with Gasteiger partial charge in [0, 0.05) is 6.54 Å². The van der Waals surface area contributed by atoms with Crippen molar-refractivity contribution in [1.82, 2.24) is 4.90 Å². The van der Waals surface area contributed by atoms with Crippen molar-refractivity contribution >= 4 is 5.91 Å². The van der Waals surface area contributed by atoms with Crippen LogP contribution in [-0.4, -0.2) is 42.0 Å². The molecule has 16 heavy (non-hydrogen) atoms. The zero-order valence-electron chi connectivity index (χ0n) is 8.82. The number of halogens is 2. The second-order valence-corrected chi connectivity index (χ2v) is 3.26. The van der Waals surface area contributed by atoms with Gasteiger partial charge in [0.1, 0.15) is 5.76 Å². The molecule has 1 amide bonds. The van der Waals surface area contributed by atoms with E-state index in [2.05, 4.69) is 0 Å². The first-order chi connectivity index (χ1) is 7.56. The third-order valence-corrected chi connectivity index (χ3v) is 2.10. The number of carbonyl (C=O) groups is 1. The topological polar surface area (TPSA) is 53.7 Å². The van der Waals surface area contributed by atoms with Crippen molar-refractivity contribution in [2.75, 3.05) is 19.7 Å². The maximum Gasteiger partial charge on any atom is 0.257 e. The summed E-state index contributed by atoms with van der Waals surface area (Å²) in [4.78, 5) is 12.7. The molecule has 0 radical (unpaired) electrons. The molecule has 1 N–H and O–H groups in total. The number of carbonyl (C=O) groups excluding carboxylic acids is 1. The lowest BCUT2D eigenvalue weighted by atomic mass is 10.2. The van der Waals surface area contributed by atoms with Crippen molar-refractivity contribution < 1.29 is 23.1 Å². The Balaban J connectivity index is 2.78. The Labute approximate surface area is 91.5 Å². The quantitative estimate of drug-likeness (QED) is 0.833. The molecule has 0 aliphatic carbocycles. The average Bonchev–Trinajstić information content (AvgIpc) is 2.62. The molecule has 0 unspecified atom stereocenters. The number of amides is 1. The zero-order chi connectivity index (χ0) is 12.1. The van der Waals surface area contributed by atoms with Gasteiger partial charge in [-0.2, -0.15) is 0 Å². The lowest BCUT2D eigenvalue weighted by Crippen LogP contribution is -2.37. The summed E-state index contributed by atoms with van der Waals surface area (Å²) in [7, 11) is 0. The van der Waals surface area contributed by atoms with E-state index >= 15 is 0 Å². The molecule has 6 heteroatoms. The molecule has 0 fully saturated rings. The molecule has 1 aromatic rings. The molecule has 90 valence electrons. The van der Waals surface area contributed by atoms with Gasteiger partial charge in [-0.15, -0.1) is 0 Å². The summed E-state index contributed by atoms with van der Waals surface area (Å²) in [5.41, 5.74) is 0.245. The minimum absolute atomic E-state index is 0.117. The Morgan fingerprint density at radius 2 is 2.31 bits per heavy atom. The first-order valence-corrected chi connectivity index (χ1v) is 4.78. The number of furan rings is 1. The van der Waals surface area contributed by atoms with Crippen molar-refractivity contribution in [2.24, 2.45) is 0 Å². The molecule has 0 spiro atoms. The van der Waals surface area contributed by atoms with Crippen molar-refractivity contribution in [3.63, 3.8) is 0 Å². The third kappa shape index (κ3) is 3.03. The molecular formula is C10H13F2NO3. The van der Waals surface area contributed by atoms with Gasteiger partial charge in [-0.1, -0.05) is 0 Å². The fraction of sp³-hybridized carbons (Fsp3) is 0.500. The number of alkyl halides is 2. The normalized spacial score (nSPS) is 10.8. The first-order valence-electron chi connectivity index (χ1n) is 4.78. The standard InChI is InChI=1S/C10H13F2NO3/c1-7-8(2-5-16-7)10(15)13(3-4-14)6-9(11)12/h2,5,9,14H,3-4,6H2,1H3. The first kappa shape index (κ1) is 12.6. The van der Waals surface area contributed by atoms with Gasteiger partial charge in [0.2, 0.25) is 0 Å². The molecule has 0 aliphatic rings. The van der Waals surface area contributed by atoms with Crippen LogP contribution in [0.2, 0.25) is 0 Å². The summed E-state index contributed by atoms with van der Waals surface area (Å²) in [5, 5.41) is 8.70. The number of hydrogen-bond acceptors (Lipinski definition) is 3. The van der Waals surface area contributed by atoms with Crippen LogP contribution in [0.1, 0.15) is 16.1 Å². The molecule has 0 aromatic carbocycles. The van der Waals surface area contributed by atoms with Crippen molar-refractivity contribution in [3.8, 4) is 0 Å². The van der Waals surface area contributed by atoms with Crippen molar-refractivity contribution in [1.29, 1.82) is 0 Å². The number of aliphatic hydroxyl groups excluding tert-OH is 1. The van der Waals surface area contributed by atoms with Crippen LogP contribution in [0.3, 0.4) is 0 Å². The highest BCUT2D eigenvalue weighted by atomic mass is 19.3. The van der Waals surface area contributed by atoms with E-state index in [0.29, 0.717) is 5.76 Å². The zero-order valence-corrected chi connectivity index (χ0v) is 8.82. The number of aliphatic hydroxyl groups is 1. The smallest absolute Gasteiger partial charge is 0.257 e. The summed E-state index contributed by atoms with van der Waals surface area (Å²) >= 11 is 0. The van der Waals surface area contributed by atoms with Gasteiger partial charge >= 0.3 is 0 Å². The van der Waals surface area contributed by atoms with E-state index in [4.69, 9.17) is 9.52 Å². The fourth-order valence-corrected chi connectivity index (χ4v) is 1.34. The second kappa shape index (κ2) is 5.60. The predicted molar refractivity (Wildman–Crippen MR) is 52.4 cm³/mol. The van der Waals surface area contributed by atoms with Crippen molar-refractivity contribution in [2.45, 2.75) is 13.3 Å². The van der Waals surface area contributed by atoms with Crippen LogP contribution in [0, 0.1) is 6.92 Å². The number of nitrogens with zero attached hydrogens (tertiary/aromatic N) is 1. The van der Waals surface area contributed by atoms with E-state index in [0.717, 1.165) is 4.90 Å². The van der Waals surface area contributed by atoms with Gasteiger partial charge in [0.15, 0.2) is 0 Å². The molecule has 0 saturated carbocycles. The summed E-state index contributed by atoms with van der Waals surface area (Å²) in [6, 6.07) is 1.42. The Kier molecular flexibility index (Phi) is 4.42. The lowest BCUT2D eigenvalue weighted by Gasteiger charge is -2.20. The molecular weight excluding hydrogens is 220 g/mol. The van der Waals surface area contributed by atoms with Crippen LogP contribution >= 0.6 is 0 Å². The highest BCUT2D eigenvalue weighted by molar-refractivity contribution is 5.95. The number of aryl methyl sites for hydroxylation is 1. The average molecular weight is 233 g/mol. The summed E-state index contributed by atoms with van der Waals surface area (Å²) in [6.45, 7) is 0.417. The summed E-state index contributed by atoms with van der Waals surface area (Å²) in [5.74, 6) is -0.178. The van der Waals surface area contributed by atoms with Gasteiger partial charge in [0.25, 0.3) is 12.3 Å². The van der Waals surface area contributed by atoms with Gasteiger partial charge < -0.3 is 14.4 Å². The second-order valence-electron chi connectivity index (χ2n) is 3.26. The summed E-state index contributed by atoms with van der Waals surface area (Å²) < 4.78 is 29.3. The molecule has 1 heterocycles. The largest absolute Gasteiger partial charge is 0.469 e. The minimum Gasteiger partial charge on any atom is -0.469 e. The summed E-state index contributed by atoms with van der Waals surface area (Å²) in [6.07, 6.45) is -1.30. The predicted octanol–water partition coefficient (Wildman–Crippen LogP) is 1.29. The van der Waals surface area contributed by atoms with Crippen LogP contribution in [-0.2, 0) is 0 Å². The SMILES string of the molecule is Cc1occc1C(=O)N(CCO)CC(F)F. The van der Waals surface area contributed by atoms with E-state index in [9.17, 15) is 13.6 Å². The van der Waals surface area contributed by atoms with E-state index in [1.165, 1.54) is 12.3 Å². The monoisotopic (exact) mass is 233 g/mol. The van der Waals surface area contributed by atoms with Crippen molar-refractivity contribution in [3.05, 3.63) is 23.7 Å². The number of hydrogen-bond donors (Lipinski definition) is 1. The van der Waals surface area contributed by atoms with E-state index in [1.807, 2.05) is 0 Å². The molecule has 0 bridgehead atoms. The maximum absolute atomic E-state index is 12.2. The molecule has 1 rings (SSSR count).